The van der Waals surface area contributed by atoms with Crippen molar-refractivity contribution in [3.8, 4) is 0 Å². The standard InChI is InChI=1S/C23H27N3O2/c1-25-14-12-23(13-15-25)22(28)24-20(16-18-8-4-2-5-9-18)21(27)26(23)17-19-10-6-3-7-11-19/h2-11,20H,12-17H2,1H3,(H,24,28). The summed E-state index contributed by atoms with van der Waals surface area (Å²) >= 11 is 0. The van der Waals surface area contributed by atoms with Crippen LogP contribution < -0.4 is 5.32 Å². The van der Waals surface area contributed by atoms with Crippen LogP contribution in [0.15, 0.2) is 60.7 Å². The van der Waals surface area contributed by atoms with E-state index >= 15 is 0 Å². The van der Waals surface area contributed by atoms with Gasteiger partial charge in [0.05, 0.1) is 0 Å². The summed E-state index contributed by atoms with van der Waals surface area (Å²) in [6.45, 7) is 2.10. The van der Waals surface area contributed by atoms with Crippen LogP contribution in [0.1, 0.15) is 24.0 Å². The maximum Gasteiger partial charge on any atom is 0.246 e. The minimum absolute atomic E-state index is 0.00272. The molecule has 0 bridgehead atoms. The van der Waals surface area contributed by atoms with Gasteiger partial charge in [0.2, 0.25) is 11.8 Å². The fourth-order valence-corrected chi connectivity index (χ4v) is 4.34. The van der Waals surface area contributed by atoms with E-state index < -0.39 is 11.6 Å². The fraction of sp³-hybridized carbons (Fsp3) is 0.391. The third-order valence-electron chi connectivity index (χ3n) is 6.09. The van der Waals surface area contributed by atoms with Crippen LogP contribution in [0, 0.1) is 0 Å². The number of nitrogens with zero attached hydrogens (tertiary/aromatic N) is 2. The van der Waals surface area contributed by atoms with Gasteiger partial charge in [0.1, 0.15) is 11.6 Å². The molecule has 0 aromatic heterocycles. The number of hydrogen-bond acceptors (Lipinski definition) is 3. The molecule has 146 valence electrons. The highest BCUT2D eigenvalue weighted by molar-refractivity contribution is 6.00. The minimum atomic E-state index is -0.743. The number of amides is 2. The molecular weight excluding hydrogens is 350 g/mol. The van der Waals surface area contributed by atoms with Gasteiger partial charge in [-0.2, -0.15) is 0 Å². The van der Waals surface area contributed by atoms with Crippen molar-refractivity contribution in [1.29, 1.82) is 0 Å². The Kier molecular flexibility index (Phi) is 5.18. The summed E-state index contributed by atoms with van der Waals surface area (Å²) in [6, 6.07) is 19.3. The van der Waals surface area contributed by atoms with E-state index in [-0.39, 0.29) is 11.8 Å². The normalized spacial score (nSPS) is 22.3. The molecule has 1 unspecified atom stereocenters. The van der Waals surface area contributed by atoms with Gasteiger partial charge in [-0.05, 0) is 31.0 Å². The Balaban J connectivity index is 1.64. The molecule has 2 saturated heterocycles. The molecule has 2 heterocycles. The zero-order valence-electron chi connectivity index (χ0n) is 16.3. The number of hydrogen-bond donors (Lipinski definition) is 1. The van der Waals surface area contributed by atoms with Gasteiger partial charge in [-0.15, -0.1) is 0 Å². The summed E-state index contributed by atoms with van der Waals surface area (Å²) in [5, 5.41) is 3.06. The van der Waals surface area contributed by atoms with E-state index in [1.165, 1.54) is 0 Å². The first-order chi connectivity index (χ1) is 13.6. The molecule has 4 rings (SSSR count). The van der Waals surface area contributed by atoms with E-state index in [4.69, 9.17) is 0 Å². The second-order valence-corrected chi connectivity index (χ2v) is 7.96. The van der Waals surface area contributed by atoms with Crippen molar-refractivity contribution in [2.45, 2.75) is 37.4 Å². The van der Waals surface area contributed by atoms with Gasteiger partial charge in [-0.3, -0.25) is 9.59 Å². The predicted molar refractivity (Wildman–Crippen MR) is 109 cm³/mol. The largest absolute Gasteiger partial charge is 0.342 e. The third-order valence-corrected chi connectivity index (χ3v) is 6.09. The molecule has 1 N–H and O–H groups in total. The topological polar surface area (TPSA) is 52.7 Å². The molecular formula is C23H27N3O2. The molecule has 5 nitrogen and oxygen atoms in total. The molecule has 1 spiro atoms. The number of rotatable bonds is 4. The number of carbonyl (C=O) groups is 2. The molecule has 2 aliphatic heterocycles. The Hall–Kier alpha value is -2.66. The van der Waals surface area contributed by atoms with Crippen LogP contribution in [0.3, 0.4) is 0 Å². The summed E-state index contributed by atoms with van der Waals surface area (Å²) in [6.07, 6.45) is 1.87. The molecule has 0 aliphatic carbocycles. The fourth-order valence-electron chi connectivity index (χ4n) is 4.34. The number of benzene rings is 2. The lowest BCUT2D eigenvalue weighted by Gasteiger charge is -2.51. The Morgan fingerprint density at radius 3 is 2.11 bits per heavy atom. The number of likely N-dealkylation sites (tertiary alicyclic amines) is 1. The van der Waals surface area contributed by atoms with Crippen molar-refractivity contribution >= 4 is 11.8 Å². The lowest BCUT2D eigenvalue weighted by molar-refractivity contribution is -0.162. The predicted octanol–water partition coefficient (Wildman–Crippen LogP) is 2.22. The first-order valence-electron chi connectivity index (χ1n) is 9.97. The minimum Gasteiger partial charge on any atom is -0.342 e. The third kappa shape index (κ3) is 3.54. The van der Waals surface area contributed by atoms with Gasteiger partial charge in [0, 0.05) is 26.1 Å². The molecule has 2 fully saturated rings. The first-order valence-corrected chi connectivity index (χ1v) is 9.97. The molecule has 28 heavy (non-hydrogen) atoms. The molecule has 1 atom stereocenters. The van der Waals surface area contributed by atoms with Crippen molar-refractivity contribution in [3.63, 3.8) is 0 Å². The Morgan fingerprint density at radius 1 is 0.929 bits per heavy atom. The van der Waals surface area contributed by atoms with Crippen LogP contribution in [0.25, 0.3) is 0 Å². The average Bonchev–Trinajstić information content (AvgIpc) is 2.72. The summed E-state index contributed by atoms with van der Waals surface area (Å²) in [4.78, 5) is 30.9. The van der Waals surface area contributed by atoms with Crippen LogP contribution in [0.4, 0.5) is 0 Å². The van der Waals surface area contributed by atoms with Crippen LogP contribution in [0.2, 0.25) is 0 Å². The number of carbonyl (C=O) groups excluding carboxylic acids is 2. The summed E-state index contributed by atoms with van der Waals surface area (Å²) in [7, 11) is 2.06. The van der Waals surface area contributed by atoms with E-state index in [2.05, 4.69) is 17.3 Å². The Morgan fingerprint density at radius 2 is 1.50 bits per heavy atom. The second-order valence-electron chi connectivity index (χ2n) is 7.96. The lowest BCUT2D eigenvalue weighted by atomic mass is 9.81. The Bertz CT molecular complexity index is 829. The SMILES string of the molecule is CN1CCC2(CC1)C(=O)NC(Cc1ccccc1)C(=O)N2Cc1ccccc1. The zero-order chi connectivity index (χ0) is 19.6. The molecule has 5 heteroatoms. The summed E-state index contributed by atoms with van der Waals surface area (Å²) < 4.78 is 0. The molecule has 2 aromatic carbocycles. The number of nitrogens with one attached hydrogen (secondary N) is 1. The first kappa shape index (κ1) is 18.7. The smallest absolute Gasteiger partial charge is 0.246 e. The van der Waals surface area contributed by atoms with Crippen molar-refractivity contribution in [2.75, 3.05) is 20.1 Å². The van der Waals surface area contributed by atoms with Crippen LogP contribution in [0.5, 0.6) is 0 Å². The molecule has 2 amide bonds. The van der Waals surface area contributed by atoms with E-state index in [1.807, 2.05) is 65.6 Å². The average molecular weight is 377 g/mol. The van der Waals surface area contributed by atoms with E-state index in [0.29, 0.717) is 25.8 Å². The van der Waals surface area contributed by atoms with Crippen molar-refractivity contribution in [3.05, 3.63) is 71.8 Å². The van der Waals surface area contributed by atoms with E-state index in [0.717, 1.165) is 24.2 Å². The van der Waals surface area contributed by atoms with Crippen LogP contribution in [-0.4, -0.2) is 53.3 Å². The van der Waals surface area contributed by atoms with Gasteiger partial charge >= 0.3 is 0 Å². The van der Waals surface area contributed by atoms with Gasteiger partial charge < -0.3 is 15.1 Å². The zero-order valence-corrected chi connectivity index (χ0v) is 16.3. The highest BCUT2D eigenvalue weighted by Gasteiger charge is 2.53. The van der Waals surface area contributed by atoms with Gasteiger partial charge in [0.15, 0.2) is 0 Å². The Labute approximate surface area is 166 Å². The number of piperazine rings is 1. The lowest BCUT2D eigenvalue weighted by Crippen LogP contribution is -2.72. The molecule has 0 saturated carbocycles. The van der Waals surface area contributed by atoms with Crippen molar-refractivity contribution < 1.29 is 9.59 Å². The maximum absolute atomic E-state index is 13.5. The van der Waals surface area contributed by atoms with Gasteiger partial charge in [0.25, 0.3) is 0 Å². The van der Waals surface area contributed by atoms with E-state index in [1.54, 1.807) is 0 Å². The maximum atomic E-state index is 13.5. The van der Waals surface area contributed by atoms with Crippen LogP contribution in [-0.2, 0) is 22.6 Å². The number of piperidine rings is 1. The molecule has 2 aromatic rings. The van der Waals surface area contributed by atoms with Crippen molar-refractivity contribution in [2.24, 2.45) is 0 Å². The highest BCUT2D eigenvalue weighted by atomic mass is 16.2. The van der Waals surface area contributed by atoms with Crippen LogP contribution >= 0.6 is 0 Å². The highest BCUT2D eigenvalue weighted by Crippen LogP contribution is 2.34. The quantitative estimate of drug-likeness (QED) is 0.889. The van der Waals surface area contributed by atoms with E-state index in [9.17, 15) is 9.59 Å². The van der Waals surface area contributed by atoms with Gasteiger partial charge in [-0.25, -0.2) is 0 Å². The monoisotopic (exact) mass is 377 g/mol. The molecule has 0 radical (unpaired) electrons. The summed E-state index contributed by atoms with van der Waals surface area (Å²) in [5.74, 6) is 0.0221. The second kappa shape index (κ2) is 7.76. The van der Waals surface area contributed by atoms with Crippen molar-refractivity contribution in [1.82, 2.24) is 15.1 Å². The molecule has 2 aliphatic rings. The summed E-state index contributed by atoms with van der Waals surface area (Å²) in [5.41, 5.74) is 1.37. The van der Waals surface area contributed by atoms with Gasteiger partial charge in [-0.1, -0.05) is 60.7 Å².